The number of carbonyl (C=O) groups excluding carboxylic acids is 4. The van der Waals surface area contributed by atoms with Crippen molar-refractivity contribution in [1.82, 2.24) is 0 Å². The molecule has 2 aromatic rings. The second-order valence-electron chi connectivity index (χ2n) is 16.7. The van der Waals surface area contributed by atoms with Crippen LogP contribution in [0.3, 0.4) is 0 Å². The predicted octanol–water partition coefficient (Wildman–Crippen LogP) is 3.91. The van der Waals surface area contributed by atoms with Crippen LogP contribution >= 0.6 is 0 Å². The number of amides is 2. The fourth-order valence-corrected chi connectivity index (χ4v) is 7.83. The van der Waals surface area contributed by atoms with E-state index < -0.39 is 58.8 Å². The van der Waals surface area contributed by atoms with E-state index in [0.717, 1.165) is 11.1 Å². The fourth-order valence-electron chi connectivity index (χ4n) is 7.83. The average Bonchev–Trinajstić information content (AvgIpc) is 3.59. The molecular formula is C40H50N2O12. The third-order valence-electron chi connectivity index (χ3n) is 10.4. The van der Waals surface area contributed by atoms with Crippen molar-refractivity contribution in [3.63, 3.8) is 0 Å². The molecular weight excluding hydrogens is 700 g/mol. The normalized spacial score (nSPS) is 34.8. The van der Waals surface area contributed by atoms with Crippen molar-refractivity contribution >= 4 is 34.8 Å². The zero-order valence-corrected chi connectivity index (χ0v) is 32.6. The molecule has 2 spiro atoms. The molecule has 0 aliphatic carbocycles. The highest BCUT2D eigenvalue weighted by molar-refractivity contribution is 6.04. The molecule has 14 nitrogen and oxygen atoms in total. The van der Waals surface area contributed by atoms with E-state index in [0.29, 0.717) is 11.4 Å². The van der Waals surface area contributed by atoms with Crippen LogP contribution in [0.15, 0.2) is 48.5 Å². The van der Waals surface area contributed by atoms with Gasteiger partial charge in [-0.3, -0.25) is 19.2 Å². The number of nitrogens with zero attached hydrogens (tertiary/aromatic N) is 2. The molecule has 0 saturated carbocycles. The molecule has 2 amide bonds. The first-order chi connectivity index (χ1) is 25.1. The average molecular weight is 751 g/mol. The summed E-state index contributed by atoms with van der Waals surface area (Å²) in [4.78, 5) is 55.7. The van der Waals surface area contributed by atoms with E-state index in [1.165, 1.54) is 0 Å². The number of ether oxygens (including phenoxy) is 8. The maximum atomic E-state index is 13.3. The monoisotopic (exact) mass is 750 g/mol. The Hall–Kier alpha value is -3.60. The number of Topliss-reactive ketones (excluding diaryl/α,β-unsaturated/α-hetero) is 2. The van der Waals surface area contributed by atoms with Gasteiger partial charge in [-0.1, -0.05) is 35.4 Å². The van der Waals surface area contributed by atoms with Crippen molar-refractivity contribution in [2.75, 3.05) is 36.1 Å². The molecule has 14 heteroatoms. The van der Waals surface area contributed by atoms with Crippen LogP contribution in [-0.2, 0) is 57.1 Å². The van der Waals surface area contributed by atoms with Crippen molar-refractivity contribution in [2.24, 2.45) is 0 Å². The Kier molecular flexibility index (Phi) is 9.30. The minimum absolute atomic E-state index is 0.0236. The van der Waals surface area contributed by atoms with E-state index >= 15 is 0 Å². The van der Waals surface area contributed by atoms with Gasteiger partial charge in [0, 0.05) is 11.4 Å². The molecule has 6 saturated heterocycles. The van der Waals surface area contributed by atoms with Gasteiger partial charge in [0.05, 0.1) is 26.3 Å². The van der Waals surface area contributed by atoms with Gasteiger partial charge < -0.3 is 47.7 Å². The molecule has 6 atom stereocenters. The van der Waals surface area contributed by atoms with Gasteiger partial charge in [-0.2, -0.15) is 0 Å². The van der Waals surface area contributed by atoms with Gasteiger partial charge in [0.15, 0.2) is 23.8 Å². The highest BCUT2D eigenvalue weighted by Gasteiger charge is 2.65. The highest BCUT2D eigenvalue weighted by Crippen LogP contribution is 2.43. The summed E-state index contributed by atoms with van der Waals surface area (Å²) in [7, 11) is 0. The van der Waals surface area contributed by atoms with Crippen LogP contribution < -0.4 is 9.80 Å². The zero-order valence-electron chi connectivity index (χ0n) is 32.6. The van der Waals surface area contributed by atoms with Gasteiger partial charge in [0.2, 0.25) is 11.6 Å². The second kappa shape index (κ2) is 13.0. The number of ketones is 2. The van der Waals surface area contributed by atoms with E-state index in [2.05, 4.69) is 0 Å². The SMILES string of the molecule is Cc1ccc(N2C[C@]3(OC[C@H]4OC(C)(C)O[C@H]4C3=O)OC(C)(C)C2=O)cc1.Cc1ccc(N2C[C@]3(OC[C@H]4OC(C)(C)O[C@H]4C3=O)OC(C)(C)C2=O)cc1. The van der Waals surface area contributed by atoms with Gasteiger partial charge in [-0.25, -0.2) is 0 Å². The predicted molar refractivity (Wildman–Crippen MR) is 192 cm³/mol. The van der Waals surface area contributed by atoms with Gasteiger partial charge in [-0.05, 0) is 93.5 Å². The van der Waals surface area contributed by atoms with Crippen molar-refractivity contribution in [2.45, 2.75) is 128 Å². The summed E-state index contributed by atoms with van der Waals surface area (Å²) in [5.74, 6) is -6.02. The van der Waals surface area contributed by atoms with Crippen molar-refractivity contribution in [1.29, 1.82) is 0 Å². The minimum atomic E-state index is -1.58. The standard InChI is InChI=1S/2C20H25NO6/c2*1-12-6-8-13(9-7-12)21-11-20(27-18(2,3)17(21)23)16(22)15-14(10-24-20)25-19(4,5)26-15/h2*6-9,14-15H,10-11H2,1-5H3/t2*14-,15-,20+/m11/s1. The molecule has 2 aromatic carbocycles. The second-order valence-corrected chi connectivity index (χ2v) is 16.7. The molecule has 54 heavy (non-hydrogen) atoms. The molecule has 6 aliphatic heterocycles. The zero-order chi connectivity index (χ0) is 39.2. The topological polar surface area (TPSA) is 149 Å². The quantitative estimate of drug-likeness (QED) is 0.439. The van der Waals surface area contributed by atoms with E-state index in [1.54, 1.807) is 65.2 Å². The largest absolute Gasteiger partial charge is 0.342 e. The fraction of sp³-hybridized carbons (Fsp3) is 0.600. The Morgan fingerprint density at radius 3 is 1.19 bits per heavy atom. The number of anilines is 2. The van der Waals surface area contributed by atoms with E-state index in [1.807, 2.05) is 62.4 Å². The first kappa shape index (κ1) is 38.7. The minimum Gasteiger partial charge on any atom is -0.342 e. The molecule has 292 valence electrons. The lowest BCUT2D eigenvalue weighted by Crippen LogP contribution is -2.71. The van der Waals surface area contributed by atoms with Crippen LogP contribution in [0, 0.1) is 13.8 Å². The van der Waals surface area contributed by atoms with Gasteiger partial charge >= 0.3 is 0 Å². The van der Waals surface area contributed by atoms with Crippen LogP contribution in [0.5, 0.6) is 0 Å². The van der Waals surface area contributed by atoms with Crippen molar-refractivity contribution < 1.29 is 57.1 Å². The lowest BCUT2D eigenvalue weighted by atomic mass is 9.93. The van der Waals surface area contributed by atoms with E-state index in [9.17, 15) is 19.2 Å². The van der Waals surface area contributed by atoms with E-state index in [4.69, 9.17) is 37.9 Å². The number of morpholine rings is 2. The number of aryl methyl sites for hydroxylation is 2. The Morgan fingerprint density at radius 1 is 0.519 bits per heavy atom. The maximum absolute atomic E-state index is 13.3. The van der Waals surface area contributed by atoms with Crippen LogP contribution in [-0.4, -0.2) is 108 Å². The Balaban J connectivity index is 0.000000167. The Morgan fingerprint density at radius 2 is 0.852 bits per heavy atom. The van der Waals surface area contributed by atoms with Gasteiger partial charge in [0.25, 0.3) is 23.4 Å². The van der Waals surface area contributed by atoms with Crippen molar-refractivity contribution in [3.8, 4) is 0 Å². The molecule has 6 heterocycles. The van der Waals surface area contributed by atoms with Crippen LogP contribution in [0.25, 0.3) is 0 Å². The smallest absolute Gasteiger partial charge is 0.259 e. The van der Waals surface area contributed by atoms with Crippen LogP contribution in [0.4, 0.5) is 11.4 Å². The lowest BCUT2D eigenvalue weighted by Gasteiger charge is -2.50. The van der Waals surface area contributed by atoms with Gasteiger partial charge in [0.1, 0.15) is 23.4 Å². The van der Waals surface area contributed by atoms with Crippen molar-refractivity contribution in [3.05, 3.63) is 59.7 Å². The van der Waals surface area contributed by atoms with Gasteiger partial charge in [-0.15, -0.1) is 0 Å². The molecule has 0 unspecified atom stereocenters. The lowest BCUT2D eigenvalue weighted by molar-refractivity contribution is -0.285. The highest BCUT2D eigenvalue weighted by atomic mass is 16.8. The molecule has 6 fully saturated rings. The first-order valence-electron chi connectivity index (χ1n) is 18.3. The third-order valence-corrected chi connectivity index (χ3v) is 10.4. The molecule has 8 rings (SSSR count). The Bertz CT molecular complexity index is 1710. The number of rotatable bonds is 2. The number of benzene rings is 2. The summed E-state index contributed by atoms with van der Waals surface area (Å²) in [5, 5.41) is 0. The molecule has 0 bridgehead atoms. The summed E-state index contributed by atoms with van der Waals surface area (Å²) in [6, 6.07) is 15.1. The summed E-state index contributed by atoms with van der Waals surface area (Å²) in [6.07, 6.45) is -2.51. The number of hydrogen-bond donors (Lipinski definition) is 0. The number of carbonyl (C=O) groups is 4. The summed E-state index contributed by atoms with van der Waals surface area (Å²) in [6.45, 7) is 17.9. The molecule has 0 aromatic heterocycles. The molecule has 0 radical (unpaired) electrons. The van der Waals surface area contributed by atoms with E-state index in [-0.39, 0.29) is 49.7 Å². The molecule has 6 aliphatic rings. The number of fused-ring (bicyclic) bond motifs is 2. The number of hydrogen-bond acceptors (Lipinski definition) is 12. The summed E-state index contributed by atoms with van der Waals surface area (Å²) in [5.41, 5.74) is 1.12. The third kappa shape index (κ3) is 6.81. The summed E-state index contributed by atoms with van der Waals surface area (Å²) < 4.78 is 46.9. The van der Waals surface area contributed by atoms with Crippen LogP contribution in [0.1, 0.15) is 66.5 Å². The van der Waals surface area contributed by atoms with Crippen LogP contribution in [0.2, 0.25) is 0 Å². The Labute approximate surface area is 315 Å². The maximum Gasteiger partial charge on any atom is 0.259 e. The molecule has 0 N–H and O–H groups in total. The summed E-state index contributed by atoms with van der Waals surface area (Å²) >= 11 is 0. The first-order valence-corrected chi connectivity index (χ1v) is 18.3.